The summed E-state index contributed by atoms with van der Waals surface area (Å²) in [6, 6.07) is 9.95. The summed E-state index contributed by atoms with van der Waals surface area (Å²) < 4.78 is 5.89. The Hall–Kier alpha value is -1.02. The topological polar surface area (TPSA) is 21.3 Å². The Balaban J connectivity index is 2.42. The monoisotopic (exact) mass is 207 g/mol. The molecule has 0 unspecified atom stereocenters. The summed E-state index contributed by atoms with van der Waals surface area (Å²) in [6.45, 7) is 8.28. The summed E-state index contributed by atoms with van der Waals surface area (Å²) in [7, 11) is 0. The van der Waals surface area contributed by atoms with Crippen molar-refractivity contribution in [1.82, 2.24) is 5.32 Å². The van der Waals surface area contributed by atoms with Crippen LogP contribution in [0, 0.1) is 0 Å². The third kappa shape index (κ3) is 4.84. The molecule has 0 saturated carbocycles. The fourth-order valence-electron chi connectivity index (χ4n) is 1.41. The minimum atomic E-state index is -0.156. The Labute approximate surface area is 92.6 Å². The summed E-state index contributed by atoms with van der Waals surface area (Å²) in [5.74, 6) is 0.931. The van der Waals surface area contributed by atoms with Gasteiger partial charge in [0.25, 0.3) is 0 Å². The van der Waals surface area contributed by atoms with Crippen molar-refractivity contribution in [2.75, 3.05) is 13.1 Å². The lowest BCUT2D eigenvalue weighted by atomic mass is 10.1. The van der Waals surface area contributed by atoms with Crippen molar-refractivity contribution in [1.29, 1.82) is 0 Å². The zero-order valence-corrected chi connectivity index (χ0v) is 9.92. The molecule has 84 valence electrons. The molecular formula is C13H21NO. The van der Waals surface area contributed by atoms with Gasteiger partial charge in [-0.25, -0.2) is 0 Å². The van der Waals surface area contributed by atoms with Gasteiger partial charge in [0, 0.05) is 6.54 Å². The lowest BCUT2D eigenvalue weighted by Crippen LogP contribution is -2.40. The van der Waals surface area contributed by atoms with Gasteiger partial charge in [0.2, 0.25) is 0 Å². The number of ether oxygens (including phenoxy) is 1. The molecule has 0 aliphatic heterocycles. The summed E-state index contributed by atoms with van der Waals surface area (Å²) in [5, 5.41) is 3.37. The number of hydrogen-bond acceptors (Lipinski definition) is 2. The molecule has 0 spiro atoms. The molecule has 2 nitrogen and oxygen atoms in total. The molecule has 0 saturated heterocycles. The van der Waals surface area contributed by atoms with Crippen LogP contribution in [0.5, 0.6) is 5.75 Å². The maximum Gasteiger partial charge on any atom is 0.120 e. The van der Waals surface area contributed by atoms with Crippen molar-refractivity contribution in [3.8, 4) is 5.75 Å². The van der Waals surface area contributed by atoms with E-state index in [1.807, 2.05) is 30.3 Å². The Morgan fingerprint density at radius 3 is 2.47 bits per heavy atom. The van der Waals surface area contributed by atoms with Gasteiger partial charge in [0.1, 0.15) is 11.4 Å². The van der Waals surface area contributed by atoms with E-state index in [1.165, 1.54) is 0 Å². The number of benzene rings is 1. The molecule has 15 heavy (non-hydrogen) atoms. The highest BCUT2D eigenvalue weighted by atomic mass is 16.5. The molecule has 0 fully saturated rings. The van der Waals surface area contributed by atoms with E-state index < -0.39 is 0 Å². The molecule has 0 bridgehead atoms. The third-order valence-electron chi connectivity index (χ3n) is 2.11. The predicted octanol–water partition coefficient (Wildman–Crippen LogP) is 2.84. The maximum atomic E-state index is 5.89. The van der Waals surface area contributed by atoms with Crippen LogP contribution in [0.15, 0.2) is 30.3 Å². The van der Waals surface area contributed by atoms with E-state index in [-0.39, 0.29) is 5.60 Å². The van der Waals surface area contributed by atoms with Crippen LogP contribution in [0.2, 0.25) is 0 Å². The molecular weight excluding hydrogens is 186 g/mol. The Morgan fingerprint density at radius 1 is 1.20 bits per heavy atom. The quantitative estimate of drug-likeness (QED) is 0.724. The summed E-state index contributed by atoms with van der Waals surface area (Å²) >= 11 is 0. The zero-order valence-electron chi connectivity index (χ0n) is 9.92. The number of hydrogen-bond donors (Lipinski definition) is 1. The molecule has 1 aromatic carbocycles. The fraction of sp³-hybridized carbons (Fsp3) is 0.538. The first-order chi connectivity index (χ1) is 7.14. The van der Waals surface area contributed by atoms with Crippen molar-refractivity contribution in [2.45, 2.75) is 32.8 Å². The number of nitrogens with one attached hydrogen (secondary N) is 1. The lowest BCUT2D eigenvalue weighted by molar-refractivity contribution is 0.108. The highest BCUT2D eigenvalue weighted by Gasteiger charge is 2.18. The first-order valence-corrected chi connectivity index (χ1v) is 5.59. The van der Waals surface area contributed by atoms with E-state index in [2.05, 4.69) is 26.1 Å². The largest absolute Gasteiger partial charge is 0.487 e. The van der Waals surface area contributed by atoms with Crippen LogP contribution in [0.4, 0.5) is 0 Å². The second-order valence-electron chi connectivity index (χ2n) is 4.35. The van der Waals surface area contributed by atoms with Gasteiger partial charge in [0.05, 0.1) is 0 Å². The van der Waals surface area contributed by atoms with E-state index in [4.69, 9.17) is 4.74 Å². The molecule has 0 heterocycles. The average molecular weight is 207 g/mol. The van der Waals surface area contributed by atoms with Gasteiger partial charge in [-0.3, -0.25) is 0 Å². The zero-order chi connectivity index (χ0) is 11.1. The molecule has 0 atom stereocenters. The van der Waals surface area contributed by atoms with Crippen LogP contribution in [0.1, 0.15) is 27.2 Å². The van der Waals surface area contributed by atoms with Gasteiger partial charge in [0.15, 0.2) is 0 Å². The SMILES string of the molecule is CCCNCC(C)(C)Oc1ccccc1. The normalized spacial score (nSPS) is 11.4. The first kappa shape index (κ1) is 12.1. The summed E-state index contributed by atoms with van der Waals surface area (Å²) in [6.07, 6.45) is 1.15. The van der Waals surface area contributed by atoms with Crippen LogP contribution in [0.25, 0.3) is 0 Å². The smallest absolute Gasteiger partial charge is 0.120 e. The van der Waals surface area contributed by atoms with E-state index in [1.54, 1.807) is 0 Å². The van der Waals surface area contributed by atoms with E-state index in [9.17, 15) is 0 Å². The molecule has 0 aliphatic carbocycles. The van der Waals surface area contributed by atoms with Crippen LogP contribution in [-0.4, -0.2) is 18.7 Å². The van der Waals surface area contributed by atoms with Crippen LogP contribution >= 0.6 is 0 Å². The molecule has 1 rings (SSSR count). The summed E-state index contributed by atoms with van der Waals surface area (Å²) in [4.78, 5) is 0. The molecule has 1 aromatic rings. The van der Waals surface area contributed by atoms with Crippen LogP contribution < -0.4 is 10.1 Å². The van der Waals surface area contributed by atoms with E-state index in [0.29, 0.717) is 0 Å². The lowest BCUT2D eigenvalue weighted by Gasteiger charge is -2.26. The van der Waals surface area contributed by atoms with Crippen molar-refractivity contribution < 1.29 is 4.74 Å². The summed E-state index contributed by atoms with van der Waals surface area (Å²) in [5.41, 5.74) is -0.156. The van der Waals surface area contributed by atoms with Crippen molar-refractivity contribution in [2.24, 2.45) is 0 Å². The molecule has 0 aromatic heterocycles. The van der Waals surface area contributed by atoms with Crippen LogP contribution in [-0.2, 0) is 0 Å². The average Bonchev–Trinajstić information content (AvgIpc) is 2.18. The minimum absolute atomic E-state index is 0.156. The first-order valence-electron chi connectivity index (χ1n) is 5.59. The van der Waals surface area contributed by atoms with Gasteiger partial charge in [-0.2, -0.15) is 0 Å². The Bertz CT molecular complexity index is 269. The highest BCUT2D eigenvalue weighted by molar-refractivity contribution is 5.21. The Morgan fingerprint density at radius 2 is 1.87 bits per heavy atom. The van der Waals surface area contributed by atoms with Crippen molar-refractivity contribution >= 4 is 0 Å². The van der Waals surface area contributed by atoms with Gasteiger partial charge in [-0.1, -0.05) is 25.1 Å². The fourth-order valence-corrected chi connectivity index (χ4v) is 1.41. The molecule has 1 N–H and O–H groups in total. The Kier molecular flexibility index (Phi) is 4.63. The van der Waals surface area contributed by atoms with Crippen molar-refractivity contribution in [3.63, 3.8) is 0 Å². The second-order valence-corrected chi connectivity index (χ2v) is 4.35. The molecule has 0 amide bonds. The maximum absolute atomic E-state index is 5.89. The van der Waals surface area contributed by atoms with Crippen molar-refractivity contribution in [3.05, 3.63) is 30.3 Å². The standard InChI is InChI=1S/C13H21NO/c1-4-10-14-11-13(2,3)15-12-8-6-5-7-9-12/h5-9,14H,4,10-11H2,1-3H3. The molecule has 2 heteroatoms. The minimum Gasteiger partial charge on any atom is -0.487 e. The van der Waals surface area contributed by atoms with Crippen LogP contribution in [0.3, 0.4) is 0 Å². The predicted molar refractivity (Wildman–Crippen MR) is 64.3 cm³/mol. The second kappa shape index (κ2) is 5.76. The third-order valence-corrected chi connectivity index (χ3v) is 2.11. The molecule has 0 aliphatic rings. The van der Waals surface area contributed by atoms with Gasteiger partial charge < -0.3 is 10.1 Å². The highest BCUT2D eigenvalue weighted by Crippen LogP contribution is 2.16. The van der Waals surface area contributed by atoms with E-state index >= 15 is 0 Å². The number of rotatable bonds is 6. The number of para-hydroxylation sites is 1. The van der Waals surface area contributed by atoms with Gasteiger partial charge in [-0.05, 0) is 38.9 Å². The molecule has 0 radical (unpaired) electrons. The van der Waals surface area contributed by atoms with Gasteiger partial charge in [-0.15, -0.1) is 0 Å². The van der Waals surface area contributed by atoms with E-state index in [0.717, 1.165) is 25.3 Å². The van der Waals surface area contributed by atoms with Gasteiger partial charge >= 0.3 is 0 Å².